The average molecular weight is 326 g/mol. The number of benzene rings is 1. The van der Waals surface area contributed by atoms with Crippen molar-refractivity contribution in [2.24, 2.45) is 0 Å². The zero-order chi connectivity index (χ0) is 16.1. The second-order valence-corrected chi connectivity index (χ2v) is 7.63. The normalized spacial score (nSPS) is 22.2. The molecule has 2 atom stereocenters. The summed E-state index contributed by atoms with van der Waals surface area (Å²) in [4.78, 5) is 5.07. The molecule has 5 nitrogen and oxygen atoms in total. The Morgan fingerprint density at radius 2 is 2.09 bits per heavy atom. The van der Waals surface area contributed by atoms with E-state index in [2.05, 4.69) is 4.98 Å². The average Bonchev–Trinajstić information content (AvgIpc) is 2.77. The van der Waals surface area contributed by atoms with E-state index in [0.29, 0.717) is 17.6 Å². The molecule has 7 heteroatoms. The molecule has 1 aliphatic carbocycles. The monoisotopic (exact) mass is 326 g/mol. The predicted octanol–water partition coefficient (Wildman–Crippen LogP) is 2.20. The van der Waals surface area contributed by atoms with Crippen LogP contribution in [0.1, 0.15) is 23.8 Å². The van der Waals surface area contributed by atoms with Crippen LogP contribution in [0.5, 0.6) is 0 Å². The first kappa shape index (κ1) is 15.5. The van der Waals surface area contributed by atoms with E-state index in [4.69, 9.17) is 4.18 Å². The molecule has 0 fully saturated rings. The van der Waals surface area contributed by atoms with Gasteiger partial charge >= 0.3 is 0 Å². The highest BCUT2D eigenvalue weighted by atomic mass is 32.2. The highest BCUT2D eigenvalue weighted by molar-refractivity contribution is 7.86. The minimum atomic E-state index is -3.60. The summed E-state index contributed by atoms with van der Waals surface area (Å²) in [5.41, 5.74) is 2.02. The molecule has 0 radical (unpaired) electrons. The van der Waals surface area contributed by atoms with Gasteiger partial charge in [0.25, 0.3) is 10.1 Å². The summed E-state index contributed by atoms with van der Waals surface area (Å²) in [5, 5.41) is 0.795. The van der Waals surface area contributed by atoms with E-state index >= 15 is 0 Å². The van der Waals surface area contributed by atoms with Crippen LogP contribution in [-0.4, -0.2) is 44.7 Å². The SMILES string of the molecule is CN(C)C1Cc2c([nH]c3c(F)cccc23)C(OS(C)(=O)=O)C1. The van der Waals surface area contributed by atoms with Crippen LogP contribution in [0.25, 0.3) is 10.9 Å². The maximum Gasteiger partial charge on any atom is 0.265 e. The molecule has 0 bridgehead atoms. The van der Waals surface area contributed by atoms with Crippen LogP contribution in [0.2, 0.25) is 0 Å². The van der Waals surface area contributed by atoms with Crippen LogP contribution in [0.15, 0.2) is 18.2 Å². The summed E-state index contributed by atoms with van der Waals surface area (Å²) < 4.78 is 42.3. The summed E-state index contributed by atoms with van der Waals surface area (Å²) in [6.45, 7) is 0. The number of H-pyrrole nitrogens is 1. The van der Waals surface area contributed by atoms with Gasteiger partial charge in [-0.05, 0) is 38.6 Å². The summed E-state index contributed by atoms with van der Waals surface area (Å²) in [6.07, 6.45) is 1.70. The molecule has 120 valence electrons. The molecule has 3 rings (SSSR count). The number of halogens is 1. The molecule has 1 aromatic heterocycles. The van der Waals surface area contributed by atoms with Crippen molar-refractivity contribution in [2.45, 2.75) is 25.0 Å². The first-order valence-electron chi connectivity index (χ1n) is 7.10. The van der Waals surface area contributed by atoms with Gasteiger partial charge in [-0.15, -0.1) is 0 Å². The Hall–Kier alpha value is -1.44. The highest BCUT2D eigenvalue weighted by Gasteiger charge is 2.34. The topological polar surface area (TPSA) is 62.4 Å². The summed E-state index contributed by atoms with van der Waals surface area (Å²) in [7, 11) is 0.299. The van der Waals surface area contributed by atoms with Crippen molar-refractivity contribution in [1.29, 1.82) is 0 Å². The quantitative estimate of drug-likeness (QED) is 0.879. The molecule has 22 heavy (non-hydrogen) atoms. The number of aromatic amines is 1. The summed E-state index contributed by atoms with van der Waals surface area (Å²) in [6, 6.07) is 5.04. The van der Waals surface area contributed by atoms with E-state index in [9.17, 15) is 12.8 Å². The van der Waals surface area contributed by atoms with E-state index in [1.165, 1.54) is 6.07 Å². The molecular formula is C15H19FN2O3S. The fourth-order valence-corrected chi connectivity index (χ4v) is 3.73. The molecule has 1 heterocycles. The lowest BCUT2D eigenvalue weighted by molar-refractivity contribution is 0.136. The molecule has 2 unspecified atom stereocenters. The number of hydrogen-bond acceptors (Lipinski definition) is 4. The molecule has 0 spiro atoms. The van der Waals surface area contributed by atoms with E-state index in [1.54, 1.807) is 6.07 Å². The Balaban J connectivity index is 2.15. The predicted molar refractivity (Wildman–Crippen MR) is 82.7 cm³/mol. The van der Waals surface area contributed by atoms with Gasteiger partial charge in [0.1, 0.15) is 11.9 Å². The van der Waals surface area contributed by atoms with Gasteiger partial charge in [-0.2, -0.15) is 8.42 Å². The number of likely N-dealkylation sites (N-methyl/N-ethyl adjacent to an activating group) is 1. The van der Waals surface area contributed by atoms with E-state index in [0.717, 1.165) is 23.6 Å². The Morgan fingerprint density at radius 3 is 2.73 bits per heavy atom. The van der Waals surface area contributed by atoms with E-state index in [-0.39, 0.29) is 11.9 Å². The zero-order valence-electron chi connectivity index (χ0n) is 12.8. The Labute approximate surface area is 129 Å². The molecule has 1 aliphatic rings. The van der Waals surface area contributed by atoms with Crippen molar-refractivity contribution in [3.63, 3.8) is 0 Å². The lowest BCUT2D eigenvalue weighted by Crippen LogP contribution is -2.36. The third-order valence-electron chi connectivity index (χ3n) is 4.19. The lowest BCUT2D eigenvalue weighted by atomic mass is 9.89. The molecule has 1 aromatic carbocycles. The van der Waals surface area contributed by atoms with Gasteiger partial charge in [-0.1, -0.05) is 12.1 Å². The van der Waals surface area contributed by atoms with Crippen molar-refractivity contribution in [1.82, 2.24) is 9.88 Å². The number of nitrogens with zero attached hydrogens (tertiary/aromatic N) is 1. The maximum atomic E-state index is 14.0. The van der Waals surface area contributed by atoms with Crippen molar-refractivity contribution >= 4 is 21.0 Å². The molecule has 0 saturated heterocycles. The largest absolute Gasteiger partial charge is 0.354 e. The highest BCUT2D eigenvalue weighted by Crippen LogP contribution is 2.39. The Morgan fingerprint density at radius 1 is 1.36 bits per heavy atom. The van der Waals surface area contributed by atoms with Gasteiger partial charge in [-0.3, -0.25) is 4.18 Å². The minimum absolute atomic E-state index is 0.140. The van der Waals surface area contributed by atoms with Crippen molar-refractivity contribution < 1.29 is 17.0 Å². The molecular weight excluding hydrogens is 307 g/mol. The van der Waals surface area contributed by atoms with Crippen LogP contribution >= 0.6 is 0 Å². The van der Waals surface area contributed by atoms with E-state index in [1.807, 2.05) is 25.1 Å². The third kappa shape index (κ3) is 2.76. The number of hydrogen-bond donors (Lipinski definition) is 1. The van der Waals surface area contributed by atoms with Crippen LogP contribution in [0, 0.1) is 5.82 Å². The molecule has 0 saturated carbocycles. The fraction of sp³-hybridized carbons (Fsp3) is 0.467. The first-order chi connectivity index (χ1) is 10.3. The maximum absolute atomic E-state index is 14.0. The van der Waals surface area contributed by atoms with Gasteiger partial charge in [0.15, 0.2) is 0 Å². The van der Waals surface area contributed by atoms with Crippen LogP contribution < -0.4 is 0 Å². The van der Waals surface area contributed by atoms with E-state index < -0.39 is 16.2 Å². The standard InChI is InChI=1S/C15H19FN2O3S/c1-18(2)9-7-11-10-5-4-6-12(16)14(10)17-15(11)13(8-9)21-22(3,19)20/h4-6,9,13,17H,7-8H2,1-3H3. The fourth-order valence-electron chi connectivity index (χ4n) is 3.13. The smallest absolute Gasteiger partial charge is 0.265 e. The minimum Gasteiger partial charge on any atom is -0.354 e. The number of nitrogens with one attached hydrogen (secondary N) is 1. The van der Waals surface area contributed by atoms with Crippen molar-refractivity contribution in [2.75, 3.05) is 20.4 Å². The Bertz CT molecular complexity index is 814. The van der Waals surface area contributed by atoms with Crippen molar-refractivity contribution in [3.05, 3.63) is 35.3 Å². The molecule has 0 aliphatic heterocycles. The second kappa shape index (κ2) is 5.33. The third-order valence-corrected chi connectivity index (χ3v) is 4.77. The zero-order valence-corrected chi connectivity index (χ0v) is 13.6. The number of aromatic nitrogens is 1. The molecule has 2 aromatic rings. The molecule has 0 amide bonds. The lowest BCUT2D eigenvalue weighted by Gasteiger charge is -2.32. The summed E-state index contributed by atoms with van der Waals surface area (Å²) >= 11 is 0. The van der Waals surface area contributed by atoms with Crippen molar-refractivity contribution in [3.8, 4) is 0 Å². The van der Waals surface area contributed by atoms with Crippen LogP contribution in [0.3, 0.4) is 0 Å². The van der Waals surface area contributed by atoms with Crippen LogP contribution in [0.4, 0.5) is 4.39 Å². The van der Waals surface area contributed by atoms with Gasteiger partial charge in [0.2, 0.25) is 0 Å². The number of rotatable bonds is 3. The second-order valence-electron chi connectivity index (χ2n) is 6.03. The number of fused-ring (bicyclic) bond motifs is 3. The van der Waals surface area contributed by atoms with Gasteiger partial charge < -0.3 is 9.88 Å². The number of para-hydroxylation sites is 1. The Kier molecular flexibility index (Phi) is 3.74. The first-order valence-corrected chi connectivity index (χ1v) is 8.91. The summed E-state index contributed by atoms with van der Waals surface area (Å²) in [5.74, 6) is -0.341. The molecule has 1 N–H and O–H groups in total. The van der Waals surface area contributed by atoms with Crippen LogP contribution in [-0.2, 0) is 20.7 Å². The van der Waals surface area contributed by atoms with Gasteiger partial charge in [-0.25, -0.2) is 4.39 Å². The van der Waals surface area contributed by atoms with Gasteiger partial charge in [0.05, 0.1) is 17.5 Å². The van der Waals surface area contributed by atoms with Gasteiger partial charge in [0, 0.05) is 11.4 Å².